The molecular weight excluding hydrogens is 190 g/mol. The lowest BCUT2D eigenvalue weighted by atomic mass is 10.1. The van der Waals surface area contributed by atoms with Crippen molar-refractivity contribution in [1.29, 1.82) is 10.5 Å². The van der Waals surface area contributed by atoms with Gasteiger partial charge in [-0.15, -0.1) is 0 Å². The zero-order chi connectivity index (χ0) is 11.3. The van der Waals surface area contributed by atoms with Crippen LogP contribution in [0.3, 0.4) is 0 Å². The number of phenols is 1. The maximum Gasteiger partial charge on any atom is 0.130 e. The number of benzene rings is 1. The molecule has 1 rings (SSSR count). The summed E-state index contributed by atoms with van der Waals surface area (Å²) in [5.74, 6) is 0.0323. The van der Waals surface area contributed by atoms with E-state index in [0.717, 1.165) is 0 Å². The number of phenolic OH excluding ortho intramolecular Hbond substituents is 1. The Morgan fingerprint density at radius 3 is 2.60 bits per heavy atom. The number of hydrogen-bond acceptors (Lipinski definition) is 4. The Hall–Kier alpha value is -2.46. The fourth-order valence-corrected chi connectivity index (χ4v) is 1.16. The Kier molecular flexibility index (Phi) is 3.32. The predicted octanol–water partition coefficient (Wildman–Crippen LogP) is 1.86. The first-order valence-corrected chi connectivity index (χ1v) is 4.24. The summed E-state index contributed by atoms with van der Waals surface area (Å²) in [4.78, 5) is 0. The number of nitrogens with zero attached hydrogens (tertiary/aromatic N) is 2. The van der Waals surface area contributed by atoms with Crippen LogP contribution in [0, 0.1) is 22.7 Å². The highest BCUT2D eigenvalue weighted by atomic mass is 16.3. The highest BCUT2D eigenvalue weighted by Crippen LogP contribution is 2.27. The zero-order valence-electron chi connectivity index (χ0n) is 8.15. The molecule has 4 heteroatoms. The van der Waals surface area contributed by atoms with Gasteiger partial charge in [-0.2, -0.15) is 10.5 Å². The van der Waals surface area contributed by atoms with Crippen molar-refractivity contribution in [3.05, 3.63) is 29.3 Å². The number of aromatic hydroxyl groups is 1. The third-order valence-electron chi connectivity index (χ3n) is 1.88. The molecule has 1 aromatic rings. The van der Waals surface area contributed by atoms with Crippen molar-refractivity contribution in [3.63, 3.8) is 0 Å². The van der Waals surface area contributed by atoms with Gasteiger partial charge in [0.2, 0.25) is 0 Å². The molecule has 0 saturated heterocycles. The molecule has 0 fully saturated rings. The van der Waals surface area contributed by atoms with Crippen molar-refractivity contribution < 1.29 is 5.11 Å². The van der Waals surface area contributed by atoms with E-state index in [1.165, 1.54) is 12.1 Å². The summed E-state index contributed by atoms with van der Waals surface area (Å²) in [7, 11) is 1.70. The summed E-state index contributed by atoms with van der Waals surface area (Å²) in [6.45, 7) is 0. The van der Waals surface area contributed by atoms with Crippen LogP contribution in [-0.4, -0.2) is 12.2 Å². The van der Waals surface area contributed by atoms with Gasteiger partial charge < -0.3 is 10.4 Å². The Morgan fingerprint density at radius 2 is 2.07 bits per heavy atom. The number of rotatable bonds is 2. The van der Waals surface area contributed by atoms with Crippen LogP contribution in [0.4, 0.5) is 5.69 Å². The van der Waals surface area contributed by atoms with Crippen molar-refractivity contribution in [2.45, 2.75) is 0 Å². The van der Waals surface area contributed by atoms with Gasteiger partial charge in [-0.3, -0.25) is 0 Å². The lowest BCUT2D eigenvalue weighted by Crippen LogP contribution is -1.91. The van der Waals surface area contributed by atoms with Crippen LogP contribution in [0.25, 0.3) is 6.08 Å². The first-order valence-electron chi connectivity index (χ1n) is 4.24. The summed E-state index contributed by atoms with van der Waals surface area (Å²) in [5.41, 5.74) is 1.06. The number of hydrogen-bond donors (Lipinski definition) is 2. The van der Waals surface area contributed by atoms with Crippen LogP contribution < -0.4 is 5.32 Å². The van der Waals surface area contributed by atoms with Crippen molar-refractivity contribution in [1.82, 2.24) is 0 Å². The van der Waals surface area contributed by atoms with Gasteiger partial charge in [0.15, 0.2) is 0 Å². The maximum absolute atomic E-state index is 9.56. The molecule has 0 spiro atoms. The topological polar surface area (TPSA) is 79.8 Å². The minimum atomic E-state index is -0.0481. The summed E-state index contributed by atoms with van der Waals surface area (Å²) < 4.78 is 0. The fourth-order valence-electron chi connectivity index (χ4n) is 1.16. The molecule has 74 valence electrons. The standard InChI is InChI=1S/C11H9N3O/c1-14-10-3-2-4-11(15)9(10)5-8(6-12)7-13/h2-5,14-15H,1H3. The van der Waals surface area contributed by atoms with Crippen LogP contribution in [0.2, 0.25) is 0 Å². The summed E-state index contributed by atoms with van der Waals surface area (Å²) in [5, 5.41) is 29.6. The Balaban J connectivity index is 3.32. The average molecular weight is 199 g/mol. The van der Waals surface area contributed by atoms with Crippen molar-refractivity contribution >= 4 is 11.8 Å². The van der Waals surface area contributed by atoms with Crippen LogP contribution >= 0.6 is 0 Å². The second-order valence-electron chi connectivity index (χ2n) is 2.77. The second kappa shape index (κ2) is 4.69. The number of anilines is 1. The first kappa shape index (κ1) is 10.6. The maximum atomic E-state index is 9.56. The van der Waals surface area contributed by atoms with Crippen LogP contribution in [0.5, 0.6) is 5.75 Å². The second-order valence-corrected chi connectivity index (χ2v) is 2.77. The normalized spacial score (nSPS) is 8.47. The molecule has 1 aromatic carbocycles. The lowest BCUT2D eigenvalue weighted by Gasteiger charge is -2.06. The van der Waals surface area contributed by atoms with Crippen LogP contribution in [0.1, 0.15) is 5.56 Å². The molecule has 2 N–H and O–H groups in total. The van der Waals surface area contributed by atoms with Crippen LogP contribution in [-0.2, 0) is 0 Å². The van der Waals surface area contributed by atoms with Gasteiger partial charge in [0.05, 0.1) is 0 Å². The summed E-state index contributed by atoms with van der Waals surface area (Å²) in [6, 6.07) is 8.40. The predicted molar refractivity (Wildman–Crippen MR) is 56.9 cm³/mol. The highest BCUT2D eigenvalue weighted by molar-refractivity contribution is 5.76. The SMILES string of the molecule is CNc1cccc(O)c1C=C(C#N)C#N. The molecule has 0 aliphatic heterocycles. The quantitative estimate of drug-likeness (QED) is 0.712. The van der Waals surface area contributed by atoms with Crippen molar-refractivity contribution in [2.24, 2.45) is 0 Å². The monoisotopic (exact) mass is 199 g/mol. The third-order valence-corrected chi connectivity index (χ3v) is 1.88. The summed E-state index contributed by atoms with van der Waals surface area (Å²) in [6.07, 6.45) is 1.35. The molecule has 0 aliphatic rings. The molecule has 0 aromatic heterocycles. The first-order chi connectivity index (χ1) is 7.22. The highest BCUT2D eigenvalue weighted by Gasteiger charge is 2.05. The Labute approximate surface area is 87.7 Å². The van der Waals surface area contributed by atoms with E-state index in [2.05, 4.69) is 5.32 Å². The lowest BCUT2D eigenvalue weighted by molar-refractivity contribution is 0.474. The Bertz CT molecular complexity index is 462. The van der Waals surface area contributed by atoms with Gasteiger partial charge in [0.1, 0.15) is 23.5 Å². The molecule has 0 amide bonds. The molecular formula is C11H9N3O. The van der Waals surface area contributed by atoms with Crippen molar-refractivity contribution in [2.75, 3.05) is 12.4 Å². The van der Waals surface area contributed by atoms with E-state index in [-0.39, 0.29) is 11.3 Å². The van der Waals surface area contributed by atoms with E-state index in [0.29, 0.717) is 11.3 Å². The number of allylic oxidation sites excluding steroid dienone is 1. The van der Waals surface area contributed by atoms with E-state index in [9.17, 15) is 5.11 Å². The average Bonchev–Trinajstić information content (AvgIpc) is 2.27. The van der Waals surface area contributed by atoms with E-state index in [1.807, 2.05) is 0 Å². The molecule has 0 saturated carbocycles. The number of nitriles is 2. The Morgan fingerprint density at radius 1 is 1.40 bits per heavy atom. The number of nitrogens with one attached hydrogen (secondary N) is 1. The minimum Gasteiger partial charge on any atom is -0.507 e. The van der Waals surface area contributed by atoms with E-state index in [4.69, 9.17) is 10.5 Å². The molecule has 0 aliphatic carbocycles. The van der Waals surface area contributed by atoms with Gasteiger partial charge in [-0.25, -0.2) is 0 Å². The molecule has 15 heavy (non-hydrogen) atoms. The van der Waals surface area contributed by atoms with Gasteiger partial charge >= 0.3 is 0 Å². The summed E-state index contributed by atoms with van der Waals surface area (Å²) >= 11 is 0. The van der Waals surface area contributed by atoms with E-state index in [1.54, 1.807) is 31.3 Å². The smallest absolute Gasteiger partial charge is 0.130 e. The largest absolute Gasteiger partial charge is 0.507 e. The molecule has 0 unspecified atom stereocenters. The fraction of sp³-hybridized carbons (Fsp3) is 0.0909. The van der Waals surface area contributed by atoms with Crippen molar-refractivity contribution in [3.8, 4) is 17.9 Å². The minimum absolute atomic E-state index is 0.0323. The van der Waals surface area contributed by atoms with E-state index >= 15 is 0 Å². The molecule has 4 nitrogen and oxygen atoms in total. The molecule has 0 heterocycles. The van der Waals surface area contributed by atoms with E-state index < -0.39 is 0 Å². The van der Waals surface area contributed by atoms with Gasteiger partial charge in [0.25, 0.3) is 0 Å². The third kappa shape index (κ3) is 2.26. The zero-order valence-corrected chi connectivity index (χ0v) is 8.15. The van der Waals surface area contributed by atoms with Crippen LogP contribution in [0.15, 0.2) is 23.8 Å². The van der Waals surface area contributed by atoms with Gasteiger partial charge in [-0.1, -0.05) is 6.07 Å². The molecule has 0 radical (unpaired) electrons. The van der Waals surface area contributed by atoms with Gasteiger partial charge in [-0.05, 0) is 18.2 Å². The molecule has 0 bridgehead atoms. The molecule has 0 atom stereocenters. The van der Waals surface area contributed by atoms with Gasteiger partial charge in [0, 0.05) is 18.3 Å².